The van der Waals surface area contributed by atoms with Crippen molar-refractivity contribution in [1.82, 2.24) is 15.1 Å². The van der Waals surface area contributed by atoms with Gasteiger partial charge in [0.05, 0.1) is 37.3 Å². The van der Waals surface area contributed by atoms with E-state index in [1.54, 1.807) is 25.3 Å². The number of carbonyl (C=O) groups is 2. The van der Waals surface area contributed by atoms with Crippen LogP contribution in [0.15, 0.2) is 65.4 Å². The van der Waals surface area contributed by atoms with Crippen LogP contribution >= 0.6 is 0 Å². The highest BCUT2D eigenvalue weighted by atomic mass is 16.5. The predicted octanol–water partition coefficient (Wildman–Crippen LogP) is 4.21. The molecule has 4 aromatic rings. The average molecular weight is 443 g/mol. The molecule has 0 saturated heterocycles. The molecule has 166 valence electrons. The normalized spacial score (nSPS) is 13.9. The summed E-state index contributed by atoms with van der Waals surface area (Å²) < 4.78 is 16.5. The van der Waals surface area contributed by atoms with Crippen molar-refractivity contribution < 1.29 is 23.5 Å². The van der Waals surface area contributed by atoms with Crippen LogP contribution in [-0.4, -0.2) is 40.6 Å². The Morgan fingerprint density at radius 2 is 1.88 bits per heavy atom. The number of rotatable bonds is 7. The summed E-state index contributed by atoms with van der Waals surface area (Å²) in [4.78, 5) is 28.5. The molecule has 1 aromatic heterocycles. The Hall–Kier alpha value is -4.20. The van der Waals surface area contributed by atoms with Crippen LogP contribution in [0.4, 0.5) is 0 Å². The molecule has 33 heavy (non-hydrogen) atoms. The summed E-state index contributed by atoms with van der Waals surface area (Å²) in [5, 5.41) is 9.36. The lowest BCUT2D eigenvalue weighted by Gasteiger charge is -2.26. The molecule has 2 heterocycles. The molecular formula is C25H21N3O5. The molecule has 0 bridgehead atoms. The van der Waals surface area contributed by atoms with Crippen molar-refractivity contribution in [3.05, 3.63) is 83.6 Å². The van der Waals surface area contributed by atoms with Gasteiger partial charge in [-0.05, 0) is 41.5 Å². The van der Waals surface area contributed by atoms with Gasteiger partial charge in [0.15, 0.2) is 11.5 Å². The quantitative estimate of drug-likeness (QED) is 0.395. The van der Waals surface area contributed by atoms with Crippen LogP contribution in [0.3, 0.4) is 0 Å². The zero-order valence-electron chi connectivity index (χ0n) is 18.1. The van der Waals surface area contributed by atoms with Crippen molar-refractivity contribution in [2.45, 2.75) is 19.4 Å². The summed E-state index contributed by atoms with van der Waals surface area (Å²) in [6, 6.07) is 15.8. The fraction of sp³-hybridized carbons (Fsp3) is 0.200. The van der Waals surface area contributed by atoms with Gasteiger partial charge in [0.2, 0.25) is 12.3 Å². The minimum atomic E-state index is -0.679. The first-order chi connectivity index (χ1) is 16.1. The minimum absolute atomic E-state index is 0.168. The number of imide groups is 1. The van der Waals surface area contributed by atoms with E-state index >= 15 is 0 Å². The number of hydrogen-bond donors (Lipinski definition) is 0. The molecule has 0 saturated carbocycles. The Labute approximate surface area is 189 Å². The molecule has 0 radical (unpaired) electrons. The van der Waals surface area contributed by atoms with E-state index in [4.69, 9.17) is 13.9 Å². The summed E-state index contributed by atoms with van der Waals surface area (Å²) in [5.74, 6) is 0.680. The highest BCUT2D eigenvalue weighted by molar-refractivity contribution is 6.26. The molecule has 3 aromatic carbocycles. The molecule has 1 atom stereocenters. The van der Waals surface area contributed by atoms with Crippen LogP contribution in [0, 0.1) is 0 Å². The van der Waals surface area contributed by atoms with Crippen LogP contribution in [0.1, 0.15) is 45.1 Å². The topological polar surface area (TPSA) is 94.8 Å². The number of fused-ring (bicyclic) bond motifs is 3. The van der Waals surface area contributed by atoms with Gasteiger partial charge in [-0.15, -0.1) is 10.2 Å². The highest BCUT2D eigenvalue weighted by Crippen LogP contribution is 2.39. The van der Waals surface area contributed by atoms with Crippen molar-refractivity contribution in [2.75, 3.05) is 13.7 Å². The van der Waals surface area contributed by atoms with Gasteiger partial charge in [-0.1, -0.05) is 36.4 Å². The number of ether oxygens (including phenoxy) is 2. The van der Waals surface area contributed by atoms with Gasteiger partial charge in [0, 0.05) is 0 Å². The first-order valence-electron chi connectivity index (χ1n) is 10.6. The molecule has 0 spiro atoms. The average Bonchev–Trinajstić information content (AvgIpc) is 3.44. The molecule has 5 rings (SSSR count). The van der Waals surface area contributed by atoms with Gasteiger partial charge in [0.1, 0.15) is 0 Å². The lowest BCUT2D eigenvalue weighted by Crippen LogP contribution is -2.35. The van der Waals surface area contributed by atoms with Crippen LogP contribution in [0.5, 0.6) is 11.5 Å². The third-order valence-corrected chi connectivity index (χ3v) is 5.77. The Balaban J connectivity index is 1.63. The van der Waals surface area contributed by atoms with Gasteiger partial charge in [0.25, 0.3) is 11.8 Å². The third-order valence-electron chi connectivity index (χ3n) is 5.77. The van der Waals surface area contributed by atoms with E-state index < -0.39 is 6.04 Å². The second kappa shape index (κ2) is 8.38. The third kappa shape index (κ3) is 3.49. The number of benzene rings is 3. The molecule has 2 amide bonds. The Kier molecular flexibility index (Phi) is 5.26. The maximum Gasteiger partial charge on any atom is 0.262 e. The SMILES string of the molecule is CCOc1cc(C(Cc2nnco2)N2C(=O)c3ccc4ccccc4c3C2=O)ccc1OC. The number of methoxy groups -OCH3 is 1. The lowest BCUT2D eigenvalue weighted by molar-refractivity contribution is 0.0577. The van der Waals surface area contributed by atoms with Crippen molar-refractivity contribution in [3.63, 3.8) is 0 Å². The lowest BCUT2D eigenvalue weighted by atomic mass is 10.0. The summed E-state index contributed by atoms with van der Waals surface area (Å²) in [7, 11) is 1.56. The number of hydrogen-bond acceptors (Lipinski definition) is 7. The Bertz CT molecular complexity index is 1350. The number of aromatic nitrogens is 2. The van der Waals surface area contributed by atoms with E-state index in [-0.39, 0.29) is 18.2 Å². The first-order valence-corrected chi connectivity index (χ1v) is 10.6. The van der Waals surface area contributed by atoms with Crippen LogP contribution in [-0.2, 0) is 6.42 Å². The molecule has 0 N–H and O–H groups in total. The van der Waals surface area contributed by atoms with Crippen LogP contribution in [0.2, 0.25) is 0 Å². The van der Waals surface area contributed by atoms with Crippen LogP contribution in [0.25, 0.3) is 10.8 Å². The molecule has 0 aliphatic carbocycles. The van der Waals surface area contributed by atoms with Gasteiger partial charge in [-0.25, -0.2) is 0 Å². The van der Waals surface area contributed by atoms with E-state index in [0.717, 1.165) is 10.8 Å². The molecule has 0 fully saturated rings. The van der Waals surface area contributed by atoms with Gasteiger partial charge >= 0.3 is 0 Å². The summed E-state index contributed by atoms with van der Waals surface area (Å²) in [6.45, 7) is 2.31. The number of amides is 2. The van der Waals surface area contributed by atoms with Crippen LogP contribution < -0.4 is 9.47 Å². The monoisotopic (exact) mass is 443 g/mol. The molecule has 1 aliphatic heterocycles. The fourth-order valence-corrected chi connectivity index (χ4v) is 4.28. The molecular weight excluding hydrogens is 422 g/mol. The summed E-state index contributed by atoms with van der Waals surface area (Å²) in [6.07, 6.45) is 1.39. The van der Waals surface area contributed by atoms with E-state index in [1.807, 2.05) is 43.3 Å². The first kappa shape index (κ1) is 20.7. The van der Waals surface area contributed by atoms with Crippen molar-refractivity contribution in [3.8, 4) is 11.5 Å². The number of nitrogens with zero attached hydrogens (tertiary/aromatic N) is 3. The zero-order chi connectivity index (χ0) is 22.9. The Morgan fingerprint density at radius 3 is 2.64 bits per heavy atom. The second-order valence-electron chi connectivity index (χ2n) is 7.59. The Morgan fingerprint density at radius 1 is 1.03 bits per heavy atom. The maximum atomic E-state index is 13.7. The van der Waals surface area contributed by atoms with Gasteiger partial charge in [-0.2, -0.15) is 0 Å². The molecule has 8 heteroatoms. The van der Waals surface area contributed by atoms with Crippen molar-refractivity contribution in [2.24, 2.45) is 0 Å². The van der Waals surface area contributed by atoms with E-state index in [2.05, 4.69) is 10.2 Å². The molecule has 1 aliphatic rings. The number of carbonyl (C=O) groups excluding carboxylic acids is 2. The summed E-state index contributed by atoms with van der Waals surface area (Å²) in [5.41, 5.74) is 1.48. The van der Waals surface area contributed by atoms with E-state index in [9.17, 15) is 9.59 Å². The largest absolute Gasteiger partial charge is 0.493 e. The van der Waals surface area contributed by atoms with E-state index in [1.165, 1.54) is 11.3 Å². The molecule has 1 unspecified atom stereocenters. The standard InChI is InChI=1S/C25H21N3O5/c1-3-32-21-12-16(9-11-20(21)31-2)19(13-22-27-26-14-33-22)28-24(29)18-10-8-15-6-4-5-7-17(15)23(18)25(28)30/h4-12,14,19H,3,13H2,1-2H3. The maximum absolute atomic E-state index is 13.7. The fourth-order valence-electron chi connectivity index (χ4n) is 4.28. The van der Waals surface area contributed by atoms with Gasteiger partial charge in [-0.3, -0.25) is 14.5 Å². The predicted molar refractivity (Wildman–Crippen MR) is 119 cm³/mol. The highest BCUT2D eigenvalue weighted by Gasteiger charge is 2.42. The smallest absolute Gasteiger partial charge is 0.262 e. The van der Waals surface area contributed by atoms with Crippen molar-refractivity contribution >= 4 is 22.6 Å². The second-order valence-corrected chi connectivity index (χ2v) is 7.59. The zero-order valence-corrected chi connectivity index (χ0v) is 18.1. The van der Waals surface area contributed by atoms with Gasteiger partial charge < -0.3 is 13.9 Å². The minimum Gasteiger partial charge on any atom is -0.493 e. The van der Waals surface area contributed by atoms with Crippen molar-refractivity contribution in [1.29, 1.82) is 0 Å². The van der Waals surface area contributed by atoms with E-state index in [0.29, 0.717) is 40.7 Å². The summed E-state index contributed by atoms with van der Waals surface area (Å²) >= 11 is 0. The molecule has 8 nitrogen and oxygen atoms in total.